The zero-order valence-corrected chi connectivity index (χ0v) is 18.4. The van der Waals surface area contributed by atoms with Crippen LogP contribution in [-0.2, 0) is 11.8 Å². The predicted molar refractivity (Wildman–Crippen MR) is 123 cm³/mol. The van der Waals surface area contributed by atoms with Crippen LogP contribution in [0.5, 0.6) is 0 Å². The number of pyridine rings is 1. The SMILES string of the molecule is CN(C)C(=O)Nc1ccc([C@H]2CN(c3nc(-c4ccncc4)cc(=O)n3C)CCO2)cc1. The zero-order valence-electron chi connectivity index (χ0n) is 18.4. The van der Waals surface area contributed by atoms with E-state index in [9.17, 15) is 9.59 Å². The number of carbonyl (C=O) groups excluding carboxylic acids is 1. The lowest BCUT2D eigenvalue weighted by molar-refractivity contribution is 0.0390. The quantitative estimate of drug-likeness (QED) is 0.678. The molecule has 0 bridgehead atoms. The number of hydrogen-bond acceptors (Lipinski definition) is 6. The highest BCUT2D eigenvalue weighted by atomic mass is 16.5. The van der Waals surface area contributed by atoms with E-state index in [-0.39, 0.29) is 17.7 Å². The maximum absolute atomic E-state index is 12.6. The van der Waals surface area contributed by atoms with Crippen molar-refractivity contribution >= 4 is 17.7 Å². The molecule has 1 atom stereocenters. The summed E-state index contributed by atoms with van der Waals surface area (Å²) in [6.45, 7) is 1.70. The van der Waals surface area contributed by atoms with E-state index in [1.165, 1.54) is 11.0 Å². The van der Waals surface area contributed by atoms with Crippen LogP contribution in [0.4, 0.5) is 16.4 Å². The van der Waals surface area contributed by atoms with Crippen molar-refractivity contribution in [3.8, 4) is 11.3 Å². The third kappa shape index (κ3) is 4.62. The Morgan fingerprint density at radius 1 is 1.16 bits per heavy atom. The van der Waals surface area contributed by atoms with Crippen molar-refractivity contribution in [1.29, 1.82) is 0 Å². The summed E-state index contributed by atoms with van der Waals surface area (Å²) in [5, 5.41) is 2.82. The van der Waals surface area contributed by atoms with Crippen LogP contribution >= 0.6 is 0 Å². The Morgan fingerprint density at radius 2 is 1.88 bits per heavy atom. The van der Waals surface area contributed by atoms with E-state index in [2.05, 4.69) is 15.2 Å². The van der Waals surface area contributed by atoms with E-state index in [0.717, 1.165) is 11.1 Å². The van der Waals surface area contributed by atoms with Crippen molar-refractivity contribution in [1.82, 2.24) is 19.4 Å². The molecule has 0 radical (unpaired) electrons. The van der Waals surface area contributed by atoms with Gasteiger partial charge in [0, 0.05) is 57.4 Å². The molecule has 0 spiro atoms. The molecule has 0 saturated carbocycles. The van der Waals surface area contributed by atoms with Crippen LogP contribution in [0.15, 0.2) is 59.7 Å². The lowest BCUT2D eigenvalue weighted by atomic mass is 10.1. The maximum atomic E-state index is 12.6. The Labute approximate surface area is 186 Å². The van der Waals surface area contributed by atoms with Crippen molar-refractivity contribution in [3.63, 3.8) is 0 Å². The molecule has 1 aromatic carbocycles. The molecule has 1 saturated heterocycles. The fourth-order valence-electron chi connectivity index (χ4n) is 3.53. The molecule has 0 aliphatic carbocycles. The summed E-state index contributed by atoms with van der Waals surface area (Å²) in [7, 11) is 5.12. The van der Waals surface area contributed by atoms with Gasteiger partial charge < -0.3 is 19.9 Å². The summed E-state index contributed by atoms with van der Waals surface area (Å²) in [4.78, 5) is 36.8. The first kappa shape index (κ1) is 21.5. The number of nitrogens with zero attached hydrogens (tertiary/aromatic N) is 5. The van der Waals surface area contributed by atoms with Gasteiger partial charge in [-0.1, -0.05) is 12.1 Å². The maximum Gasteiger partial charge on any atom is 0.321 e. The Kier molecular flexibility index (Phi) is 6.18. The predicted octanol–water partition coefficient (Wildman–Crippen LogP) is 2.51. The Balaban J connectivity index is 1.55. The molecule has 3 heterocycles. The van der Waals surface area contributed by atoms with Crippen LogP contribution in [0.2, 0.25) is 0 Å². The van der Waals surface area contributed by atoms with Gasteiger partial charge in [0.05, 0.1) is 18.8 Å². The topological polar surface area (TPSA) is 92.6 Å². The van der Waals surface area contributed by atoms with Gasteiger partial charge in [0.2, 0.25) is 5.95 Å². The number of nitrogens with one attached hydrogen (secondary N) is 1. The number of hydrogen-bond donors (Lipinski definition) is 1. The van der Waals surface area contributed by atoms with Crippen molar-refractivity contribution in [2.45, 2.75) is 6.10 Å². The summed E-state index contributed by atoms with van der Waals surface area (Å²) in [5.41, 5.74) is 3.06. The van der Waals surface area contributed by atoms with Gasteiger partial charge in [-0.25, -0.2) is 9.78 Å². The molecule has 1 fully saturated rings. The van der Waals surface area contributed by atoms with Gasteiger partial charge in [-0.2, -0.15) is 0 Å². The van der Waals surface area contributed by atoms with Gasteiger partial charge in [0.15, 0.2) is 0 Å². The molecule has 3 aromatic rings. The average molecular weight is 435 g/mol. The first-order chi connectivity index (χ1) is 15.4. The van der Waals surface area contributed by atoms with Gasteiger partial charge in [-0.05, 0) is 29.8 Å². The molecule has 4 rings (SSSR count). The fourth-order valence-corrected chi connectivity index (χ4v) is 3.53. The highest BCUT2D eigenvalue weighted by molar-refractivity contribution is 5.88. The number of aromatic nitrogens is 3. The summed E-state index contributed by atoms with van der Waals surface area (Å²) in [6, 6.07) is 12.6. The fraction of sp³-hybridized carbons (Fsp3) is 0.304. The molecule has 32 heavy (non-hydrogen) atoms. The van der Waals surface area contributed by atoms with Gasteiger partial charge in [-0.15, -0.1) is 0 Å². The minimum atomic E-state index is -0.182. The monoisotopic (exact) mass is 434 g/mol. The molecular weight excluding hydrogens is 408 g/mol. The molecule has 2 aromatic heterocycles. The van der Waals surface area contributed by atoms with Crippen LogP contribution in [0, 0.1) is 0 Å². The lowest BCUT2D eigenvalue weighted by Gasteiger charge is -2.34. The number of benzene rings is 1. The molecule has 1 N–H and O–H groups in total. The van der Waals surface area contributed by atoms with Gasteiger partial charge in [0.25, 0.3) is 5.56 Å². The molecule has 9 nitrogen and oxygen atoms in total. The number of anilines is 2. The van der Waals surface area contributed by atoms with Crippen LogP contribution in [0.1, 0.15) is 11.7 Å². The van der Waals surface area contributed by atoms with E-state index >= 15 is 0 Å². The first-order valence-corrected chi connectivity index (χ1v) is 10.4. The second-order valence-electron chi connectivity index (χ2n) is 7.83. The molecule has 1 aliphatic rings. The second-order valence-corrected chi connectivity index (χ2v) is 7.83. The molecule has 2 amide bonds. The molecule has 166 valence electrons. The molecule has 0 unspecified atom stereocenters. The number of carbonyl (C=O) groups is 1. The number of rotatable bonds is 4. The van der Waals surface area contributed by atoms with Crippen LogP contribution in [-0.4, -0.2) is 59.3 Å². The lowest BCUT2D eigenvalue weighted by Crippen LogP contribution is -2.41. The average Bonchev–Trinajstić information content (AvgIpc) is 2.82. The van der Waals surface area contributed by atoms with Crippen LogP contribution in [0.25, 0.3) is 11.3 Å². The van der Waals surface area contributed by atoms with Crippen LogP contribution < -0.4 is 15.8 Å². The third-order valence-electron chi connectivity index (χ3n) is 5.38. The standard InChI is InChI=1S/C23H26N6O3/c1-27(2)23(31)25-18-6-4-17(5-7-18)20-15-29(12-13-32-20)22-26-19(14-21(30)28(22)3)16-8-10-24-11-9-16/h4-11,14,20H,12-13,15H2,1-3H3,(H,25,31)/t20-/m1/s1. The van der Waals surface area contributed by atoms with Gasteiger partial charge in [0.1, 0.15) is 6.10 Å². The van der Waals surface area contributed by atoms with E-state index in [1.807, 2.05) is 36.4 Å². The summed E-state index contributed by atoms with van der Waals surface area (Å²) < 4.78 is 7.56. The van der Waals surface area contributed by atoms with E-state index < -0.39 is 0 Å². The molecule has 9 heteroatoms. The second kappa shape index (κ2) is 9.19. The van der Waals surface area contributed by atoms with E-state index in [1.54, 1.807) is 38.1 Å². The third-order valence-corrected chi connectivity index (χ3v) is 5.38. The van der Waals surface area contributed by atoms with E-state index in [0.29, 0.717) is 37.0 Å². The highest BCUT2D eigenvalue weighted by Crippen LogP contribution is 2.27. The Bertz CT molecular complexity index is 1140. The number of ether oxygens (including phenoxy) is 1. The largest absolute Gasteiger partial charge is 0.370 e. The smallest absolute Gasteiger partial charge is 0.321 e. The number of amides is 2. The normalized spacial score (nSPS) is 16.0. The highest BCUT2D eigenvalue weighted by Gasteiger charge is 2.25. The van der Waals surface area contributed by atoms with Crippen molar-refractivity contribution in [3.05, 3.63) is 70.8 Å². The minimum Gasteiger partial charge on any atom is -0.370 e. The van der Waals surface area contributed by atoms with Gasteiger partial charge >= 0.3 is 6.03 Å². The van der Waals surface area contributed by atoms with Crippen LogP contribution in [0.3, 0.4) is 0 Å². The number of morpholine rings is 1. The number of urea groups is 1. The molecular formula is C23H26N6O3. The van der Waals surface area contributed by atoms with E-state index in [4.69, 9.17) is 9.72 Å². The first-order valence-electron chi connectivity index (χ1n) is 10.4. The van der Waals surface area contributed by atoms with Crippen molar-refractivity contribution in [2.24, 2.45) is 7.05 Å². The Hall–Kier alpha value is -3.72. The summed E-state index contributed by atoms with van der Waals surface area (Å²) >= 11 is 0. The molecule has 1 aliphatic heterocycles. The summed E-state index contributed by atoms with van der Waals surface area (Å²) in [6.07, 6.45) is 3.19. The van der Waals surface area contributed by atoms with Crippen molar-refractivity contribution in [2.75, 3.05) is 44.0 Å². The Morgan fingerprint density at radius 3 is 2.56 bits per heavy atom. The van der Waals surface area contributed by atoms with Gasteiger partial charge in [-0.3, -0.25) is 14.3 Å². The summed E-state index contributed by atoms with van der Waals surface area (Å²) in [5.74, 6) is 0.604. The zero-order chi connectivity index (χ0) is 22.7. The minimum absolute atomic E-state index is 0.120. The van der Waals surface area contributed by atoms with Crippen molar-refractivity contribution < 1.29 is 9.53 Å².